The van der Waals surface area contributed by atoms with Gasteiger partial charge >= 0.3 is 5.97 Å². The van der Waals surface area contributed by atoms with E-state index in [1.165, 1.54) is 6.08 Å². The Kier molecular flexibility index (Phi) is 6.37. The van der Waals surface area contributed by atoms with E-state index in [0.29, 0.717) is 18.2 Å². The molecule has 0 aromatic heterocycles. The molecule has 92 valence electrons. The first kappa shape index (κ1) is 13.7. The summed E-state index contributed by atoms with van der Waals surface area (Å²) >= 11 is 5.74. The highest BCUT2D eigenvalue weighted by molar-refractivity contribution is 6.30. The van der Waals surface area contributed by atoms with Crippen LogP contribution in [-0.4, -0.2) is 25.8 Å². The summed E-state index contributed by atoms with van der Waals surface area (Å²) in [5.41, 5.74) is 0.899. The second-order valence-corrected chi connectivity index (χ2v) is 3.69. The molecule has 0 aliphatic heterocycles. The molecule has 0 spiro atoms. The fourth-order valence-electron chi connectivity index (χ4n) is 1.13. The number of carbonyl (C=O) groups excluding carboxylic acids is 1. The van der Waals surface area contributed by atoms with Gasteiger partial charge in [0.25, 0.3) is 0 Å². The number of carbonyl (C=O) groups is 1. The van der Waals surface area contributed by atoms with E-state index in [1.807, 2.05) is 19.1 Å². The van der Waals surface area contributed by atoms with Crippen LogP contribution in [0.15, 0.2) is 30.3 Å². The van der Waals surface area contributed by atoms with Crippen LogP contribution < -0.4 is 0 Å². The van der Waals surface area contributed by atoms with Gasteiger partial charge in [-0.15, -0.1) is 0 Å². The minimum Gasteiger partial charge on any atom is -0.460 e. The zero-order chi connectivity index (χ0) is 12.5. The molecule has 0 amide bonds. The number of hydrogen-bond acceptors (Lipinski definition) is 3. The molecular formula is C13H15ClO3. The van der Waals surface area contributed by atoms with E-state index in [4.69, 9.17) is 21.1 Å². The molecule has 1 rings (SSSR count). The van der Waals surface area contributed by atoms with Gasteiger partial charge in [-0.1, -0.05) is 23.7 Å². The van der Waals surface area contributed by atoms with Crippen LogP contribution in [0.25, 0.3) is 6.08 Å². The van der Waals surface area contributed by atoms with Crippen molar-refractivity contribution in [1.29, 1.82) is 0 Å². The van der Waals surface area contributed by atoms with Crippen LogP contribution in [0.5, 0.6) is 0 Å². The van der Waals surface area contributed by atoms with Crippen molar-refractivity contribution in [1.82, 2.24) is 0 Å². The largest absolute Gasteiger partial charge is 0.460 e. The fraction of sp³-hybridized carbons (Fsp3) is 0.308. The molecule has 0 aliphatic rings. The second-order valence-electron chi connectivity index (χ2n) is 3.25. The van der Waals surface area contributed by atoms with E-state index in [1.54, 1.807) is 18.2 Å². The van der Waals surface area contributed by atoms with Gasteiger partial charge in [0.05, 0.1) is 6.61 Å². The normalized spacial score (nSPS) is 10.7. The summed E-state index contributed by atoms with van der Waals surface area (Å²) in [7, 11) is 0. The van der Waals surface area contributed by atoms with E-state index in [2.05, 4.69) is 0 Å². The van der Waals surface area contributed by atoms with Gasteiger partial charge in [-0.2, -0.15) is 0 Å². The number of esters is 1. The van der Waals surface area contributed by atoms with E-state index < -0.39 is 0 Å². The molecule has 0 heterocycles. The van der Waals surface area contributed by atoms with Gasteiger partial charge in [-0.05, 0) is 30.7 Å². The Morgan fingerprint density at radius 2 is 2.00 bits per heavy atom. The third-order valence-corrected chi connectivity index (χ3v) is 2.21. The van der Waals surface area contributed by atoms with E-state index in [0.717, 1.165) is 5.56 Å². The Balaban J connectivity index is 2.32. The summed E-state index contributed by atoms with van der Waals surface area (Å²) in [6.07, 6.45) is 3.06. The first-order valence-corrected chi connectivity index (χ1v) is 5.78. The van der Waals surface area contributed by atoms with Crippen molar-refractivity contribution < 1.29 is 14.3 Å². The van der Waals surface area contributed by atoms with Gasteiger partial charge in [-0.3, -0.25) is 0 Å². The van der Waals surface area contributed by atoms with Crippen LogP contribution in [0.2, 0.25) is 5.02 Å². The Morgan fingerprint density at radius 1 is 1.29 bits per heavy atom. The van der Waals surface area contributed by atoms with Crippen molar-refractivity contribution in [2.75, 3.05) is 19.8 Å². The topological polar surface area (TPSA) is 35.5 Å². The minimum absolute atomic E-state index is 0.275. The summed E-state index contributed by atoms with van der Waals surface area (Å²) < 4.78 is 9.96. The van der Waals surface area contributed by atoms with Crippen LogP contribution in [0.4, 0.5) is 0 Å². The van der Waals surface area contributed by atoms with Gasteiger partial charge in [-0.25, -0.2) is 4.79 Å². The molecular weight excluding hydrogens is 240 g/mol. The highest BCUT2D eigenvalue weighted by Crippen LogP contribution is 2.10. The van der Waals surface area contributed by atoms with Crippen molar-refractivity contribution in [3.63, 3.8) is 0 Å². The quantitative estimate of drug-likeness (QED) is 0.445. The van der Waals surface area contributed by atoms with E-state index in [9.17, 15) is 4.79 Å². The lowest BCUT2D eigenvalue weighted by molar-refractivity contribution is -0.139. The standard InChI is InChI=1S/C13H15ClO3/c1-2-16-9-10-17-13(15)8-5-11-3-6-12(14)7-4-11/h3-8H,2,9-10H2,1H3. The average molecular weight is 255 g/mol. The van der Waals surface area contributed by atoms with Crippen molar-refractivity contribution in [2.45, 2.75) is 6.92 Å². The SMILES string of the molecule is CCOCCOC(=O)C=Cc1ccc(Cl)cc1. The predicted octanol–water partition coefficient (Wildman–Crippen LogP) is 2.93. The van der Waals surface area contributed by atoms with Crippen LogP contribution >= 0.6 is 11.6 Å². The summed E-state index contributed by atoms with van der Waals surface area (Å²) in [5, 5.41) is 0.668. The zero-order valence-corrected chi connectivity index (χ0v) is 10.4. The number of rotatable bonds is 6. The summed E-state index contributed by atoms with van der Waals surface area (Å²) in [4.78, 5) is 11.3. The Labute approximate surface area is 106 Å². The molecule has 17 heavy (non-hydrogen) atoms. The lowest BCUT2D eigenvalue weighted by atomic mass is 10.2. The highest BCUT2D eigenvalue weighted by atomic mass is 35.5. The minimum atomic E-state index is -0.375. The molecule has 0 saturated heterocycles. The number of ether oxygens (including phenoxy) is 2. The van der Waals surface area contributed by atoms with Crippen LogP contribution in [0, 0.1) is 0 Å². The third kappa shape index (κ3) is 6.09. The summed E-state index contributed by atoms with van der Waals surface area (Å²) in [6.45, 7) is 3.22. The summed E-state index contributed by atoms with van der Waals surface area (Å²) in [6, 6.07) is 7.18. The Hall–Kier alpha value is -1.32. The highest BCUT2D eigenvalue weighted by Gasteiger charge is 1.96. The predicted molar refractivity (Wildman–Crippen MR) is 67.9 cm³/mol. The second kappa shape index (κ2) is 7.87. The number of halogens is 1. The van der Waals surface area contributed by atoms with Gasteiger partial charge in [0.2, 0.25) is 0 Å². The van der Waals surface area contributed by atoms with Crippen molar-refractivity contribution in [3.05, 3.63) is 40.9 Å². The molecule has 0 bridgehead atoms. The fourth-order valence-corrected chi connectivity index (χ4v) is 1.26. The monoisotopic (exact) mass is 254 g/mol. The first-order chi connectivity index (χ1) is 8.22. The molecule has 0 fully saturated rings. The zero-order valence-electron chi connectivity index (χ0n) is 9.69. The lowest BCUT2D eigenvalue weighted by Gasteiger charge is -2.01. The molecule has 4 heteroatoms. The first-order valence-electron chi connectivity index (χ1n) is 5.40. The molecule has 0 aliphatic carbocycles. The number of hydrogen-bond donors (Lipinski definition) is 0. The molecule has 3 nitrogen and oxygen atoms in total. The maximum absolute atomic E-state index is 11.3. The van der Waals surface area contributed by atoms with Crippen molar-refractivity contribution in [3.8, 4) is 0 Å². The van der Waals surface area contributed by atoms with Crippen LogP contribution in [-0.2, 0) is 14.3 Å². The summed E-state index contributed by atoms with van der Waals surface area (Å²) in [5.74, 6) is -0.375. The molecule has 0 saturated carbocycles. The Morgan fingerprint density at radius 3 is 2.65 bits per heavy atom. The molecule has 0 unspecified atom stereocenters. The molecule has 1 aromatic rings. The van der Waals surface area contributed by atoms with E-state index >= 15 is 0 Å². The van der Waals surface area contributed by atoms with Gasteiger partial charge in [0.15, 0.2) is 0 Å². The maximum Gasteiger partial charge on any atom is 0.330 e. The van der Waals surface area contributed by atoms with Crippen LogP contribution in [0.3, 0.4) is 0 Å². The molecule has 0 radical (unpaired) electrons. The average Bonchev–Trinajstić information content (AvgIpc) is 2.34. The van der Waals surface area contributed by atoms with Gasteiger partial charge < -0.3 is 9.47 Å². The van der Waals surface area contributed by atoms with Gasteiger partial charge in [0.1, 0.15) is 6.61 Å². The molecule has 0 N–H and O–H groups in total. The van der Waals surface area contributed by atoms with Gasteiger partial charge in [0, 0.05) is 17.7 Å². The van der Waals surface area contributed by atoms with E-state index in [-0.39, 0.29) is 12.6 Å². The third-order valence-electron chi connectivity index (χ3n) is 1.96. The van der Waals surface area contributed by atoms with Crippen molar-refractivity contribution >= 4 is 23.6 Å². The molecule has 1 aromatic carbocycles. The van der Waals surface area contributed by atoms with Crippen LogP contribution in [0.1, 0.15) is 12.5 Å². The maximum atomic E-state index is 11.3. The molecule has 0 atom stereocenters. The van der Waals surface area contributed by atoms with Crippen molar-refractivity contribution in [2.24, 2.45) is 0 Å². The smallest absolute Gasteiger partial charge is 0.330 e. The number of benzene rings is 1. The lowest BCUT2D eigenvalue weighted by Crippen LogP contribution is -2.08. The Bertz CT molecular complexity index is 371.